The van der Waals surface area contributed by atoms with E-state index in [0.717, 1.165) is 36.9 Å². The number of hydrogen-bond donors (Lipinski definition) is 2. The summed E-state index contributed by atoms with van der Waals surface area (Å²) in [6.07, 6.45) is 0. The molecule has 0 radical (unpaired) electrons. The van der Waals surface area contributed by atoms with E-state index in [-0.39, 0.29) is 5.91 Å². The Hall–Kier alpha value is -2.08. The van der Waals surface area contributed by atoms with Crippen LogP contribution in [0.15, 0.2) is 48.5 Å². The maximum absolute atomic E-state index is 11.8. The molecule has 1 fully saturated rings. The predicted octanol–water partition coefficient (Wildman–Crippen LogP) is 2.77. The van der Waals surface area contributed by atoms with Gasteiger partial charge >= 0.3 is 0 Å². The normalized spacial score (nSPS) is 15.3. The summed E-state index contributed by atoms with van der Waals surface area (Å²) in [5.74, 6) is 0.196. The number of halogens is 1. The van der Waals surface area contributed by atoms with E-state index in [9.17, 15) is 4.79 Å². The van der Waals surface area contributed by atoms with Gasteiger partial charge in [0.2, 0.25) is 5.91 Å². The number of nitrogens with zero attached hydrogens (tertiary/aromatic N) is 2. The van der Waals surface area contributed by atoms with Crippen LogP contribution in [0.5, 0.6) is 0 Å². The Morgan fingerprint density at radius 2 is 1.69 bits per heavy atom. The van der Waals surface area contributed by atoms with E-state index >= 15 is 0 Å². The fraction of sp³-hybridized carbons (Fsp3) is 0.350. The van der Waals surface area contributed by atoms with Gasteiger partial charge in [0, 0.05) is 43.9 Å². The van der Waals surface area contributed by atoms with Crippen LogP contribution in [-0.2, 0) is 17.9 Å². The van der Waals surface area contributed by atoms with E-state index in [1.165, 1.54) is 11.1 Å². The summed E-state index contributed by atoms with van der Waals surface area (Å²) in [4.78, 5) is 15.8. The molecule has 1 amide bonds. The van der Waals surface area contributed by atoms with Crippen molar-refractivity contribution in [3.8, 4) is 0 Å². The zero-order valence-corrected chi connectivity index (χ0v) is 15.8. The third kappa shape index (κ3) is 5.46. The van der Waals surface area contributed by atoms with Crippen LogP contribution >= 0.6 is 11.6 Å². The lowest BCUT2D eigenvalue weighted by atomic mass is 10.2. The number of amides is 1. The standard InChI is InChI=1S/C20H25ClN4O/c1-24-10-11-25(14-20(24)26)13-17-4-8-19(9-5-17)23-15-22-12-16-2-6-18(21)7-3-16/h2-9,22-23H,10-15H2,1H3. The van der Waals surface area contributed by atoms with E-state index in [1.807, 2.05) is 31.3 Å². The van der Waals surface area contributed by atoms with Crippen LogP contribution in [0.2, 0.25) is 5.02 Å². The van der Waals surface area contributed by atoms with Crippen molar-refractivity contribution in [2.24, 2.45) is 0 Å². The molecule has 5 nitrogen and oxygen atoms in total. The van der Waals surface area contributed by atoms with Gasteiger partial charge in [0.25, 0.3) is 0 Å². The fourth-order valence-corrected chi connectivity index (χ4v) is 3.03. The Labute approximate surface area is 159 Å². The molecule has 2 aromatic carbocycles. The summed E-state index contributed by atoms with van der Waals surface area (Å²) in [6.45, 7) is 4.53. The van der Waals surface area contributed by atoms with Crippen LogP contribution in [0.25, 0.3) is 0 Å². The molecule has 138 valence electrons. The fourth-order valence-electron chi connectivity index (χ4n) is 2.90. The number of nitrogens with one attached hydrogen (secondary N) is 2. The van der Waals surface area contributed by atoms with Crippen molar-refractivity contribution in [1.29, 1.82) is 0 Å². The maximum atomic E-state index is 11.8. The molecule has 1 heterocycles. The summed E-state index contributed by atoms with van der Waals surface area (Å²) in [5.41, 5.74) is 3.50. The zero-order valence-electron chi connectivity index (χ0n) is 15.0. The summed E-state index contributed by atoms with van der Waals surface area (Å²) in [6, 6.07) is 16.2. The van der Waals surface area contributed by atoms with Crippen LogP contribution in [0, 0.1) is 0 Å². The van der Waals surface area contributed by atoms with Gasteiger partial charge in [-0.15, -0.1) is 0 Å². The Balaban J connectivity index is 1.40. The number of carbonyl (C=O) groups excluding carboxylic acids is 1. The van der Waals surface area contributed by atoms with Crippen molar-refractivity contribution in [3.05, 3.63) is 64.7 Å². The van der Waals surface area contributed by atoms with Crippen LogP contribution in [-0.4, -0.2) is 49.1 Å². The molecule has 0 aliphatic carbocycles. The van der Waals surface area contributed by atoms with Gasteiger partial charge in [0.1, 0.15) is 0 Å². The van der Waals surface area contributed by atoms with Crippen molar-refractivity contribution < 1.29 is 4.79 Å². The number of likely N-dealkylation sites (N-methyl/N-ethyl adjacent to an activating group) is 1. The lowest BCUT2D eigenvalue weighted by Crippen LogP contribution is -2.47. The third-order valence-electron chi connectivity index (χ3n) is 4.56. The Bertz CT molecular complexity index is 718. The highest BCUT2D eigenvalue weighted by molar-refractivity contribution is 6.30. The van der Waals surface area contributed by atoms with E-state index in [0.29, 0.717) is 13.2 Å². The number of piperazine rings is 1. The van der Waals surface area contributed by atoms with Crippen LogP contribution in [0.3, 0.4) is 0 Å². The van der Waals surface area contributed by atoms with Gasteiger partial charge in [0.05, 0.1) is 13.2 Å². The Kier molecular flexibility index (Phi) is 6.50. The van der Waals surface area contributed by atoms with Gasteiger partial charge in [-0.3, -0.25) is 15.0 Å². The highest BCUT2D eigenvalue weighted by Gasteiger charge is 2.20. The molecule has 2 aromatic rings. The first-order chi connectivity index (χ1) is 12.6. The minimum absolute atomic E-state index is 0.196. The number of anilines is 1. The average Bonchev–Trinajstić information content (AvgIpc) is 2.65. The van der Waals surface area contributed by atoms with E-state index < -0.39 is 0 Å². The average molecular weight is 373 g/mol. The SMILES string of the molecule is CN1CCN(Cc2ccc(NCNCc3ccc(Cl)cc3)cc2)CC1=O. The third-order valence-corrected chi connectivity index (χ3v) is 4.81. The molecule has 26 heavy (non-hydrogen) atoms. The molecule has 3 rings (SSSR count). The Morgan fingerprint density at radius 1 is 1.00 bits per heavy atom. The lowest BCUT2D eigenvalue weighted by molar-refractivity contribution is -0.134. The molecule has 0 unspecified atom stereocenters. The van der Waals surface area contributed by atoms with Crippen molar-refractivity contribution in [1.82, 2.24) is 15.1 Å². The number of hydrogen-bond acceptors (Lipinski definition) is 4. The highest BCUT2D eigenvalue weighted by atomic mass is 35.5. The van der Waals surface area contributed by atoms with E-state index in [2.05, 4.69) is 39.8 Å². The minimum atomic E-state index is 0.196. The van der Waals surface area contributed by atoms with Gasteiger partial charge < -0.3 is 10.2 Å². The molecule has 1 aliphatic rings. The first kappa shape index (κ1) is 18.7. The minimum Gasteiger partial charge on any atom is -0.372 e. The largest absolute Gasteiger partial charge is 0.372 e. The number of rotatable bonds is 7. The highest BCUT2D eigenvalue weighted by Crippen LogP contribution is 2.13. The van der Waals surface area contributed by atoms with Crippen molar-refractivity contribution in [3.63, 3.8) is 0 Å². The van der Waals surface area contributed by atoms with Crippen LogP contribution < -0.4 is 10.6 Å². The second kappa shape index (κ2) is 9.03. The lowest BCUT2D eigenvalue weighted by Gasteiger charge is -2.31. The van der Waals surface area contributed by atoms with Gasteiger partial charge in [-0.05, 0) is 35.4 Å². The molecule has 0 atom stereocenters. The summed E-state index contributed by atoms with van der Waals surface area (Å²) in [5, 5.41) is 7.47. The molecule has 6 heteroatoms. The molecule has 0 aromatic heterocycles. The van der Waals surface area contributed by atoms with E-state index in [1.54, 1.807) is 4.90 Å². The van der Waals surface area contributed by atoms with Crippen LogP contribution in [0.1, 0.15) is 11.1 Å². The maximum Gasteiger partial charge on any atom is 0.236 e. The summed E-state index contributed by atoms with van der Waals surface area (Å²) in [7, 11) is 1.86. The first-order valence-electron chi connectivity index (χ1n) is 8.84. The Morgan fingerprint density at radius 3 is 2.38 bits per heavy atom. The summed E-state index contributed by atoms with van der Waals surface area (Å²) < 4.78 is 0. The van der Waals surface area contributed by atoms with Crippen molar-refractivity contribution in [2.45, 2.75) is 13.1 Å². The number of benzene rings is 2. The second-order valence-corrected chi connectivity index (χ2v) is 7.07. The molecule has 1 aliphatic heterocycles. The molecule has 0 bridgehead atoms. The van der Waals surface area contributed by atoms with Gasteiger partial charge in [-0.25, -0.2) is 0 Å². The van der Waals surface area contributed by atoms with Crippen molar-refractivity contribution in [2.75, 3.05) is 38.7 Å². The molecular weight excluding hydrogens is 348 g/mol. The van der Waals surface area contributed by atoms with Gasteiger partial charge in [-0.2, -0.15) is 0 Å². The molecule has 0 saturated carbocycles. The molecule has 0 spiro atoms. The van der Waals surface area contributed by atoms with Crippen molar-refractivity contribution >= 4 is 23.2 Å². The second-order valence-electron chi connectivity index (χ2n) is 6.63. The van der Waals surface area contributed by atoms with Gasteiger partial charge in [0.15, 0.2) is 0 Å². The predicted molar refractivity (Wildman–Crippen MR) is 106 cm³/mol. The molecule has 2 N–H and O–H groups in total. The monoisotopic (exact) mass is 372 g/mol. The molecular formula is C20H25ClN4O. The number of carbonyl (C=O) groups is 1. The molecule has 1 saturated heterocycles. The smallest absolute Gasteiger partial charge is 0.236 e. The summed E-state index contributed by atoms with van der Waals surface area (Å²) >= 11 is 5.89. The topological polar surface area (TPSA) is 47.6 Å². The zero-order chi connectivity index (χ0) is 18.4. The van der Waals surface area contributed by atoms with Crippen LogP contribution in [0.4, 0.5) is 5.69 Å². The quantitative estimate of drug-likeness (QED) is 0.579. The van der Waals surface area contributed by atoms with E-state index in [4.69, 9.17) is 11.6 Å². The first-order valence-corrected chi connectivity index (χ1v) is 9.22. The van der Waals surface area contributed by atoms with Gasteiger partial charge in [-0.1, -0.05) is 35.9 Å².